The molecule has 4 heteroatoms. The molecule has 0 aliphatic carbocycles. The molecule has 0 aromatic heterocycles. The van der Waals surface area contributed by atoms with Crippen LogP contribution in [0.3, 0.4) is 0 Å². The van der Waals surface area contributed by atoms with Gasteiger partial charge in [-0.05, 0) is 12.8 Å². The first-order chi connectivity index (χ1) is 8.15. The van der Waals surface area contributed by atoms with Crippen LogP contribution in [-0.4, -0.2) is 39.5 Å². The van der Waals surface area contributed by atoms with Crippen LogP contribution < -0.4 is 0 Å². The molecule has 0 bridgehead atoms. The standard InChI is InChI=1S/C13H26O4/c1-6-8-10(15-3)12(13(14)17-5)11(16-4)9-7-2/h10-12H,6-9H2,1-5H3. The van der Waals surface area contributed by atoms with Gasteiger partial charge in [0, 0.05) is 14.2 Å². The van der Waals surface area contributed by atoms with Crippen molar-refractivity contribution < 1.29 is 19.0 Å². The second kappa shape index (κ2) is 9.42. The van der Waals surface area contributed by atoms with Crippen LogP contribution in [0.15, 0.2) is 0 Å². The lowest BCUT2D eigenvalue weighted by atomic mass is 9.90. The molecule has 0 radical (unpaired) electrons. The molecule has 0 heterocycles. The lowest BCUT2D eigenvalue weighted by molar-refractivity contribution is -0.158. The van der Waals surface area contributed by atoms with Crippen LogP contribution in [0.25, 0.3) is 0 Å². The summed E-state index contributed by atoms with van der Waals surface area (Å²) in [7, 11) is 4.68. The third kappa shape index (κ3) is 5.04. The largest absolute Gasteiger partial charge is 0.469 e. The minimum atomic E-state index is -0.338. The predicted molar refractivity (Wildman–Crippen MR) is 66.9 cm³/mol. The average molecular weight is 246 g/mol. The van der Waals surface area contributed by atoms with Crippen molar-refractivity contribution in [1.82, 2.24) is 0 Å². The van der Waals surface area contributed by atoms with Gasteiger partial charge in [-0.2, -0.15) is 0 Å². The summed E-state index contributed by atoms with van der Waals surface area (Å²) in [6, 6.07) is 0. The van der Waals surface area contributed by atoms with Gasteiger partial charge in [0.1, 0.15) is 5.92 Å². The minimum absolute atomic E-state index is 0.135. The lowest BCUT2D eigenvalue weighted by Gasteiger charge is -2.29. The van der Waals surface area contributed by atoms with Gasteiger partial charge in [-0.15, -0.1) is 0 Å². The summed E-state index contributed by atoms with van der Waals surface area (Å²) in [6.45, 7) is 4.14. The van der Waals surface area contributed by atoms with E-state index in [4.69, 9.17) is 14.2 Å². The minimum Gasteiger partial charge on any atom is -0.469 e. The molecule has 4 nitrogen and oxygen atoms in total. The quantitative estimate of drug-likeness (QED) is 0.586. The Kier molecular flexibility index (Phi) is 9.09. The molecule has 17 heavy (non-hydrogen) atoms. The van der Waals surface area contributed by atoms with Crippen LogP contribution in [0.1, 0.15) is 39.5 Å². The summed E-state index contributed by atoms with van der Waals surface area (Å²) < 4.78 is 15.7. The van der Waals surface area contributed by atoms with Crippen molar-refractivity contribution in [2.75, 3.05) is 21.3 Å². The number of carbonyl (C=O) groups excluding carboxylic acids is 1. The SMILES string of the molecule is CCCC(OC)C(C(=O)OC)C(CCC)OC. The van der Waals surface area contributed by atoms with Crippen LogP contribution in [0.2, 0.25) is 0 Å². The third-order valence-corrected chi connectivity index (χ3v) is 3.03. The highest BCUT2D eigenvalue weighted by Gasteiger charge is 2.35. The van der Waals surface area contributed by atoms with E-state index >= 15 is 0 Å². The zero-order chi connectivity index (χ0) is 13.3. The van der Waals surface area contributed by atoms with E-state index in [0.29, 0.717) is 0 Å². The van der Waals surface area contributed by atoms with Gasteiger partial charge >= 0.3 is 5.97 Å². The number of carbonyl (C=O) groups is 1. The van der Waals surface area contributed by atoms with E-state index in [1.165, 1.54) is 7.11 Å². The smallest absolute Gasteiger partial charge is 0.313 e. The Labute approximate surface area is 105 Å². The summed E-state index contributed by atoms with van der Waals surface area (Å²) in [4.78, 5) is 11.9. The Balaban J connectivity index is 4.86. The molecule has 0 aliphatic rings. The maximum absolute atomic E-state index is 11.9. The fourth-order valence-electron chi connectivity index (χ4n) is 2.14. The second-order valence-corrected chi connectivity index (χ2v) is 4.17. The maximum Gasteiger partial charge on any atom is 0.313 e. The zero-order valence-corrected chi connectivity index (χ0v) is 11.7. The molecular formula is C13H26O4. The average Bonchev–Trinajstić information content (AvgIpc) is 2.36. The first-order valence-electron chi connectivity index (χ1n) is 6.29. The van der Waals surface area contributed by atoms with Gasteiger partial charge in [-0.1, -0.05) is 26.7 Å². The summed E-state index contributed by atoms with van der Waals surface area (Å²) in [5.41, 5.74) is 0. The van der Waals surface area contributed by atoms with E-state index in [-0.39, 0.29) is 24.1 Å². The summed E-state index contributed by atoms with van der Waals surface area (Å²) in [5, 5.41) is 0. The third-order valence-electron chi connectivity index (χ3n) is 3.03. The molecule has 2 unspecified atom stereocenters. The predicted octanol–water partition coefficient (Wildman–Crippen LogP) is 2.41. The van der Waals surface area contributed by atoms with Gasteiger partial charge in [-0.3, -0.25) is 4.79 Å². The molecule has 0 N–H and O–H groups in total. The van der Waals surface area contributed by atoms with Crippen molar-refractivity contribution in [2.45, 2.75) is 51.7 Å². The van der Waals surface area contributed by atoms with Gasteiger partial charge < -0.3 is 14.2 Å². The Morgan fingerprint density at radius 2 is 1.35 bits per heavy atom. The summed E-state index contributed by atoms with van der Waals surface area (Å²) in [6.07, 6.45) is 3.33. The number of hydrogen-bond acceptors (Lipinski definition) is 4. The van der Waals surface area contributed by atoms with Gasteiger partial charge in [0.05, 0.1) is 19.3 Å². The fourth-order valence-corrected chi connectivity index (χ4v) is 2.14. The maximum atomic E-state index is 11.9. The molecule has 0 aromatic rings. The summed E-state index contributed by atoms with van der Waals surface area (Å²) in [5.74, 6) is -0.583. The van der Waals surface area contributed by atoms with Gasteiger partial charge in [0.25, 0.3) is 0 Å². The normalized spacial score (nSPS) is 16.3. The number of hydrogen-bond donors (Lipinski definition) is 0. The Morgan fingerprint density at radius 3 is 1.59 bits per heavy atom. The molecular weight excluding hydrogens is 220 g/mol. The Hall–Kier alpha value is -0.610. The van der Waals surface area contributed by atoms with Crippen molar-refractivity contribution in [2.24, 2.45) is 5.92 Å². The van der Waals surface area contributed by atoms with Gasteiger partial charge in [0.2, 0.25) is 0 Å². The Morgan fingerprint density at radius 1 is 0.941 bits per heavy atom. The van der Waals surface area contributed by atoms with Crippen molar-refractivity contribution in [3.8, 4) is 0 Å². The highest BCUT2D eigenvalue weighted by atomic mass is 16.5. The highest BCUT2D eigenvalue weighted by Crippen LogP contribution is 2.23. The van der Waals surface area contributed by atoms with E-state index in [9.17, 15) is 4.79 Å². The first-order valence-corrected chi connectivity index (χ1v) is 6.29. The second-order valence-electron chi connectivity index (χ2n) is 4.17. The molecule has 0 aliphatic heterocycles. The van der Waals surface area contributed by atoms with E-state index in [0.717, 1.165) is 25.7 Å². The van der Waals surface area contributed by atoms with E-state index < -0.39 is 0 Å². The summed E-state index contributed by atoms with van der Waals surface area (Å²) >= 11 is 0. The van der Waals surface area contributed by atoms with Crippen LogP contribution in [0.4, 0.5) is 0 Å². The first kappa shape index (κ1) is 16.4. The van der Waals surface area contributed by atoms with Crippen LogP contribution in [0.5, 0.6) is 0 Å². The number of methoxy groups -OCH3 is 3. The highest BCUT2D eigenvalue weighted by molar-refractivity contribution is 5.73. The van der Waals surface area contributed by atoms with Crippen LogP contribution in [0, 0.1) is 5.92 Å². The molecule has 102 valence electrons. The molecule has 0 rings (SSSR count). The van der Waals surface area contributed by atoms with Crippen LogP contribution >= 0.6 is 0 Å². The van der Waals surface area contributed by atoms with Crippen molar-refractivity contribution >= 4 is 5.97 Å². The molecule has 0 saturated carbocycles. The fraction of sp³-hybridized carbons (Fsp3) is 0.923. The van der Waals surface area contributed by atoms with Gasteiger partial charge in [-0.25, -0.2) is 0 Å². The van der Waals surface area contributed by atoms with Crippen molar-refractivity contribution in [1.29, 1.82) is 0 Å². The lowest BCUT2D eigenvalue weighted by Crippen LogP contribution is -2.40. The Bertz CT molecular complexity index is 192. The van der Waals surface area contributed by atoms with Crippen molar-refractivity contribution in [3.63, 3.8) is 0 Å². The number of rotatable bonds is 9. The van der Waals surface area contributed by atoms with E-state index in [1.54, 1.807) is 14.2 Å². The topological polar surface area (TPSA) is 44.8 Å². The van der Waals surface area contributed by atoms with Gasteiger partial charge in [0.15, 0.2) is 0 Å². The molecule has 0 spiro atoms. The van der Waals surface area contributed by atoms with E-state index in [2.05, 4.69) is 13.8 Å². The number of esters is 1. The molecule has 0 amide bonds. The van der Waals surface area contributed by atoms with E-state index in [1.807, 2.05) is 0 Å². The van der Waals surface area contributed by atoms with Crippen LogP contribution in [-0.2, 0) is 19.0 Å². The molecule has 0 fully saturated rings. The zero-order valence-electron chi connectivity index (χ0n) is 11.7. The molecule has 0 aromatic carbocycles. The van der Waals surface area contributed by atoms with Crippen molar-refractivity contribution in [3.05, 3.63) is 0 Å². The molecule has 0 saturated heterocycles. The molecule has 2 atom stereocenters. The number of ether oxygens (including phenoxy) is 3. The monoisotopic (exact) mass is 246 g/mol.